The van der Waals surface area contributed by atoms with Crippen molar-refractivity contribution >= 4 is 17.7 Å². The van der Waals surface area contributed by atoms with Gasteiger partial charge in [-0.3, -0.25) is 9.78 Å². The van der Waals surface area contributed by atoms with Crippen LogP contribution < -0.4 is 0 Å². The lowest BCUT2D eigenvalue weighted by Gasteiger charge is -2.03. The average Bonchev–Trinajstić information content (AvgIpc) is 2.77. The van der Waals surface area contributed by atoms with E-state index in [1.807, 2.05) is 19.1 Å². The maximum Gasteiger partial charge on any atom is 0.313 e. The number of thioether (sulfide) groups is 1. The fraction of sp³-hybridized carbons (Fsp3) is 0.300. The number of aromatic nitrogens is 5. The zero-order valence-electron chi connectivity index (χ0n) is 9.65. The number of carboxylic acid groups (broad SMARTS) is 1. The van der Waals surface area contributed by atoms with Gasteiger partial charge in [-0.1, -0.05) is 17.8 Å². The quantitative estimate of drug-likeness (QED) is 0.791. The van der Waals surface area contributed by atoms with Crippen LogP contribution in [0.2, 0.25) is 0 Å². The molecule has 0 atom stereocenters. The third kappa shape index (κ3) is 3.27. The lowest BCUT2D eigenvalue weighted by molar-refractivity contribution is -0.133. The number of hydrogen-bond donors (Lipinski definition) is 1. The van der Waals surface area contributed by atoms with E-state index in [1.165, 1.54) is 0 Å². The number of carboxylic acids is 1. The summed E-state index contributed by atoms with van der Waals surface area (Å²) < 4.78 is 1.56. The van der Waals surface area contributed by atoms with Crippen LogP contribution in [-0.2, 0) is 11.3 Å². The first-order chi connectivity index (χ1) is 8.65. The number of pyridine rings is 1. The Kier molecular flexibility index (Phi) is 3.88. The summed E-state index contributed by atoms with van der Waals surface area (Å²) >= 11 is 1.09. The maximum absolute atomic E-state index is 10.5. The fourth-order valence-electron chi connectivity index (χ4n) is 1.29. The maximum atomic E-state index is 10.5. The van der Waals surface area contributed by atoms with E-state index in [2.05, 4.69) is 20.5 Å². The molecule has 0 saturated heterocycles. The fourth-order valence-corrected chi connectivity index (χ4v) is 1.89. The molecule has 0 radical (unpaired) electrons. The van der Waals surface area contributed by atoms with Gasteiger partial charge >= 0.3 is 5.97 Å². The summed E-state index contributed by atoms with van der Waals surface area (Å²) in [5, 5.41) is 20.3. The molecule has 0 unspecified atom stereocenters. The summed E-state index contributed by atoms with van der Waals surface area (Å²) in [6.45, 7) is 2.39. The molecule has 0 aliphatic carbocycles. The van der Waals surface area contributed by atoms with Gasteiger partial charge in [0.15, 0.2) is 0 Å². The molecule has 0 aromatic carbocycles. The van der Waals surface area contributed by atoms with Crippen LogP contribution in [0.15, 0.2) is 23.5 Å². The van der Waals surface area contributed by atoms with Gasteiger partial charge < -0.3 is 5.11 Å². The van der Waals surface area contributed by atoms with E-state index < -0.39 is 5.97 Å². The Morgan fingerprint density at radius 2 is 2.33 bits per heavy atom. The molecule has 94 valence electrons. The summed E-state index contributed by atoms with van der Waals surface area (Å²) in [4.78, 5) is 14.7. The molecule has 1 N–H and O–H groups in total. The SMILES string of the molecule is Cc1ccc(Cn2nnnc2SCC(=O)O)cn1. The van der Waals surface area contributed by atoms with Crippen molar-refractivity contribution in [1.82, 2.24) is 25.2 Å². The highest BCUT2D eigenvalue weighted by Crippen LogP contribution is 2.14. The summed E-state index contributed by atoms with van der Waals surface area (Å²) in [6, 6.07) is 3.85. The third-order valence-corrected chi connectivity index (χ3v) is 3.07. The predicted octanol–water partition coefficient (Wildman–Crippen LogP) is 0.602. The Morgan fingerprint density at radius 3 is 3.00 bits per heavy atom. The van der Waals surface area contributed by atoms with E-state index in [1.54, 1.807) is 10.9 Å². The van der Waals surface area contributed by atoms with Crippen LogP contribution in [0, 0.1) is 6.92 Å². The van der Waals surface area contributed by atoms with Crippen molar-refractivity contribution in [3.8, 4) is 0 Å². The second-order valence-electron chi connectivity index (χ2n) is 3.61. The molecule has 0 bridgehead atoms. The first kappa shape index (κ1) is 12.5. The second-order valence-corrected chi connectivity index (χ2v) is 4.55. The molecular formula is C10H11N5O2S. The van der Waals surface area contributed by atoms with Gasteiger partial charge in [0.05, 0.1) is 12.3 Å². The van der Waals surface area contributed by atoms with Crippen molar-refractivity contribution in [3.05, 3.63) is 29.6 Å². The smallest absolute Gasteiger partial charge is 0.313 e. The lowest BCUT2D eigenvalue weighted by atomic mass is 10.2. The third-order valence-electron chi connectivity index (χ3n) is 2.13. The minimum atomic E-state index is -0.897. The van der Waals surface area contributed by atoms with Gasteiger partial charge in [-0.2, -0.15) is 0 Å². The van der Waals surface area contributed by atoms with Crippen molar-refractivity contribution in [3.63, 3.8) is 0 Å². The summed E-state index contributed by atoms with van der Waals surface area (Å²) in [6.07, 6.45) is 1.75. The molecular weight excluding hydrogens is 254 g/mol. The Labute approximate surface area is 107 Å². The minimum absolute atomic E-state index is 0.0630. The zero-order chi connectivity index (χ0) is 13.0. The molecule has 0 spiro atoms. The summed E-state index contributed by atoms with van der Waals surface area (Å²) in [5.74, 6) is -0.960. The first-order valence-electron chi connectivity index (χ1n) is 5.17. The van der Waals surface area contributed by atoms with Gasteiger partial charge in [0.25, 0.3) is 0 Å². The predicted molar refractivity (Wildman–Crippen MR) is 64.3 cm³/mol. The second kappa shape index (κ2) is 5.58. The Morgan fingerprint density at radius 1 is 1.50 bits per heavy atom. The number of aryl methyl sites for hydroxylation is 1. The average molecular weight is 265 g/mol. The van der Waals surface area contributed by atoms with Crippen molar-refractivity contribution in [1.29, 1.82) is 0 Å². The number of aliphatic carboxylic acids is 1. The van der Waals surface area contributed by atoms with Crippen LogP contribution in [0.25, 0.3) is 0 Å². The van der Waals surface area contributed by atoms with Crippen LogP contribution in [0.4, 0.5) is 0 Å². The van der Waals surface area contributed by atoms with E-state index in [0.717, 1.165) is 23.0 Å². The Hall–Kier alpha value is -1.96. The molecule has 8 heteroatoms. The van der Waals surface area contributed by atoms with E-state index in [-0.39, 0.29) is 5.75 Å². The number of hydrogen-bond acceptors (Lipinski definition) is 6. The largest absolute Gasteiger partial charge is 0.481 e. The zero-order valence-corrected chi connectivity index (χ0v) is 10.5. The van der Waals surface area contributed by atoms with E-state index in [0.29, 0.717) is 11.7 Å². The first-order valence-corrected chi connectivity index (χ1v) is 6.16. The number of rotatable bonds is 5. The van der Waals surface area contributed by atoms with Crippen LogP contribution in [-0.4, -0.2) is 42.0 Å². The van der Waals surface area contributed by atoms with Crippen LogP contribution in [0.5, 0.6) is 0 Å². The van der Waals surface area contributed by atoms with Crippen molar-refractivity contribution in [2.45, 2.75) is 18.6 Å². The number of carbonyl (C=O) groups is 1. The number of nitrogens with zero attached hydrogens (tertiary/aromatic N) is 5. The van der Waals surface area contributed by atoms with Gasteiger partial charge in [-0.15, -0.1) is 5.10 Å². The van der Waals surface area contributed by atoms with Crippen molar-refractivity contribution in [2.24, 2.45) is 0 Å². The molecule has 0 saturated carbocycles. The molecule has 2 heterocycles. The molecule has 18 heavy (non-hydrogen) atoms. The monoisotopic (exact) mass is 265 g/mol. The minimum Gasteiger partial charge on any atom is -0.481 e. The molecule has 0 amide bonds. The lowest BCUT2D eigenvalue weighted by Crippen LogP contribution is -2.06. The Balaban J connectivity index is 2.07. The molecule has 0 aliphatic rings. The topological polar surface area (TPSA) is 93.8 Å². The van der Waals surface area contributed by atoms with E-state index in [9.17, 15) is 4.79 Å². The van der Waals surface area contributed by atoms with Crippen molar-refractivity contribution < 1.29 is 9.90 Å². The highest BCUT2D eigenvalue weighted by molar-refractivity contribution is 7.99. The van der Waals surface area contributed by atoms with E-state index in [4.69, 9.17) is 5.11 Å². The van der Waals surface area contributed by atoms with Gasteiger partial charge in [0.2, 0.25) is 5.16 Å². The Bertz CT molecular complexity index is 539. The number of tetrazole rings is 1. The molecule has 7 nitrogen and oxygen atoms in total. The highest BCUT2D eigenvalue weighted by Gasteiger charge is 2.09. The molecule has 2 aromatic rings. The van der Waals surface area contributed by atoms with Crippen molar-refractivity contribution in [2.75, 3.05) is 5.75 Å². The normalized spacial score (nSPS) is 10.5. The van der Waals surface area contributed by atoms with Gasteiger partial charge in [0.1, 0.15) is 0 Å². The standard InChI is InChI=1S/C10H11N5O2S/c1-7-2-3-8(4-11-7)5-15-10(12-13-14-15)18-6-9(16)17/h2-4H,5-6H2,1H3,(H,16,17). The summed E-state index contributed by atoms with van der Waals surface area (Å²) in [7, 11) is 0. The molecule has 2 aromatic heterocycles. The molecule has 0 fully saturated rings. The highest BCUT2D eigenvalue weighted by atomic mass is 32.2. The van der Waals surface area contributed by atoms with Gasteiger partial charge in [-0.05, 0) is 29.0 Å². The molecule has 2 rings (SSSR count). The van der Waals surface area contributed by atoms with Crippen LogP contribution in [0.3, 0.4) is 0 Å². The van der Waals surface area contributed by atoms with Crippen LogP contribution >= 0.6 is 11.8 Å². The van der Waals surface area contributed by atoms with Crippen LogP contribution in [0.1, 0.15) is 11.3 Å². The van der Waals surface area contributed by atoms with E-state index >= 15 is 0 Å². The molecule has 0 aliphatic heterocycles. The summed E-state index contributed by atoms with van der Waals surface area (Å²) in [5.41, 5.74) is 1.90. The van der Waals surface area contributed by atoms with Gasteiger partial charge in [-0.25, -0.2) is 4.68 Å². The van der Waals surface area contributed by atoms with Gasteiger partial charge in [0, 0.05) is 11.9 Å².